The number of aromatic nitrogens is 1. The second-order valence-corrected chi connectivity index (χ2v) is 4.75. The van der Waals surface area contributed by atoms with Gasteiger partial charge < -0.3 is 16.0 Å². The minimum absolute atomic E-state index is 0.311. The van der Waals surface area contributed by atoms with Crippen molar-refractivity contribution in [3.05, 3.63) is 29.6 Å². The number of aryl methyl sites for hydroxylation is 1. The summed E-state index contributed by atoms with van der Waals surface area (Å²) in [4.78, 5) is 17.1. The molecule has 0 radical (unpaired) electrons. The van der Waals surface area contributed by atoms with Gasteiger partial charge in [0, 0.05) is 31.9 Å². The molecule has 2 heterocycles. The van der Waals surface area contributed by atoms with Crippen LogP contribution in [0.4, 0.5) is 4.79 Å². The van der Waals surface area contributed by atoms with Gasteiger partial charge in [0.05, 0.1) is 5.69 Å². The molecule has 1 fully saturated rings. The van der Waals surface area contributed by atoms with Crippen molar-refractivity contribution in [2.24, 2.45) is 5.73 Å². The Balaban J connectivity index is 1.79. The Bertz CT molecular complexity index is 413. The molecule has 0 atom stereocenters. The SMILES string of the molecule is Cc1cccnc1CNC1CCN(C(N)=O)CC1. The van der Waals surface area contributed by atoms with E-state index in [0.717, 1.165) is 38.2 Å². The van der Waals surface area contributed by atoms with Crippen molar-refractivity contribution in [2.45, 2.75) is 32.4 Å². The third kappa shape index (κ3) is 3.20. The van der Waals surface area contributed by atoms with Gasteiger partial charge in [0.15, 0.2) is 0 Å². The highest BCUT2D eigenvalue weighted by atomic mass is 16.2. The van der Waals surface area contributed by atoms with E-state index in [2.05, 4.69) is 23.3 Å². The number of nitrogens with zero attached hydrogens (tertiary/aromatic N) is 2. The van der Waals surface area contributed by atoms with E-state index in [1.165, 1.54) is 5.56 Å². The van der Waals surface area contributed by atoms with Gasteiger partial charge in [-0.15, -0.1) is 0 Å². The summed E-state index contributed by atoms with van der Waals surface area (Å²) >= 11 is 0. The zero-order valence-electron chi connectivity index (χ0n) is 10.7. The summed E-state index contributed by atoms with van der Waals surface area (Å²) in [5.74, 6) is 0. The summed E-state index contributed by atoms with van der Waals surface area (Å²) in [5.41, 5.74) is 7.55. The summed E-state index contributed by atoms with van der Waals surface area (Å²) < 4.78 is 0. The highest BCUT2D eigenvalue weighted by Crippen LogP contribution is 2.11. The lowest BCUT2D eigenvalue weighted by molar-refractivity contribution is 0.185. The van der Waals surface area contributed by atoms with Crippen LogP contribution in [0.1, 0.15) is 24.1 Å². The predicted octanol–water partition coefficient (Wildman–Crippen LogP) is 1.02. The molecule has 2 rings (SSSR count). The van der Waals surface area contributed by atoms with E-state index < -0.39 is 0 Å². The highest BCUT2D eigenvalue weighted by Gasteiger charge is 2.20. The summed E-state index contributed by atoms with van der Waals surface area (Å²) in [5, 5.41) is 3.50. The van der Waals surface area contributed by atoms with Crippen molar-refractivity contribution in [3.8, 4) is 0 Å². The molecule has 0 bridgehead atoms. The van der Waals surface area contributed by atoms with Crippen molar-refractivity contribution in [1.29, 1.82) is 0 Å². The maximum Gasteiger partial charge on any atom is 0.314 e. The smallest absolute Gasteiger partial charge is 0.314 e. The standard InChI is InChI=1S/C13H20N4O/c1-10-3-2-6-15-12(10)9-16-11-4-7-17(8-5-11)13(14)18/h2-3,6,11,16H,4-5,7-9H2,1H3,(H2,14,18). The fraction of sp³-hybridized carbons (Fsp3) is 0.538. The molecule has 0 aromatic carbocycles. The average molecular weight is 248 g/mol. The number of rotatable bonds is 3. The zero-order valence-corrected chi connectivity index (χ0v) is 10.7. The van der Waals surface area contributed by atoms with Gasteiger partial charge in [0.1, 0.15) is 0 Å². The second-order valence-electron chi connectivity index (χ2n) is 4.75. The van der Waals surface area contributed by atoms with Gasteiger partial charge in [-0.1, -0.05) is 6.07 Å². The van der Waals surface area contributed by atoms with Gasteiger partial charge in [-0.3, -0.25) is 4.98 Å². The molecule has 1 saturated heterocycles. The average Bonchev–Trinajstić information content (AvgIpc) is 2.38. The summed E-state index contributed by atoms with van der Waals surface area (Å²) in [7, 11) is 0. The molecule has 0 spiro atoms. The molecular formula is C13H20N4O. The molecule has 98 valence electrons. The minimum Gasteiger partial charge on any atom is -0.351 e. The van der Waals surface area contributed by atoms with E-state index >= 15 is 0 Å². The molecular weight excluding hydrogens is 228 g/mol. The number of hydrogen-bond acceptors (Lipinski definition) is 3. The molecule has 0 saturated carbocycles. The Hall–Kier alpha value is -1.62. The van der Waals surface area contributed by atoms with Crippen LogP contribution < -0.4 is 11.1 Å². The summed E-state index contributed by atoms with van der Waals surface area (Å²) in [6.07, 6.45) is 3.73. The van der Waals surface area contributed by atoms with Crippen molar-refractivity contribution in [3.63, 3.8) is 0 Å². The number of urea groups is 1. The number of carbonyl (C=O) groups excluding carboxylic acids is 1. The maximum absolute atomic E-state index is 11.0. The number of amides is 2. The van der Waals surface area contributed by atoms with Gasteiger partial charge in [-0.2, -0.15) is 0 Å². The van der Waals surface area contributed by atoms with Crippen LogP contribution in [0, 0.1) is 6.92 Å². The van der Waals surface area contributed by atoms with Gasteiger partial charge >= 0.3 is 6.03 Å². The van der Waals surface area contributed by atoms with E-state index in [1.807, 2.05) is 12.3 Å². The quantitative estimate of drug-likeness (QED) is 0.839. The van der Waals surface area contributed by atoms with Crippen molar-refractivity contribution < 1.29 is 4.79 Å². The number of nitrogens with two attached hydrogens (primary N) is 1. The van der Waals surface area contributed by atoms with E-state index in [9.17, 15) is 4.79 Å². The maximum atomic E-state index is 11.0. The Kier molecular flexibility index (Phi) is 4.15. The fourth-order valence-electron chi connectivity index (χ4n) is 2.25. The first kappa shape index (κ1) is 12.8. The first-order valence-corrected chi connectivity index (χ1v) is 6.35. The van der Waals surface area contributed by atoms with Crippen LogP contribution in [-0.2, 0) is 6.54 Å². The topological polar surface area (TPSA) is 71.2 Å². The second kappa shape index (κ2) is 5.82. The molecule has 1 aromatic rings. The minimum atomic E-state index is -0.311. The fourth-order valence-corrected chi connectivity index (χ4v) is 2.25. The van der Waals surface area contributed by atoms with E-state index in [0.29, 0.717) is 6.04 Å². The third-order valence-electron chi connectivity index (χ3n) is 3.48. The Labute approximate surface area is 107 Å². The zero-order chi connectivity index (χ0) is 13.0. The van der Waals surface area contributed by atoms with Gasteiger partial charge in [0.25, 0.3) is 0 Å². The van der Waals surface area contributed by atoms with Crippen LogP contribution in [0.5, 0.6) is 0 Å². The van der Waals surface area contributed by atoms with Crippen molar-refractivity contribution in [1.82, 2.24) is 15.2 Å². The number of nitrogens with one attached hydrogen (secondary N) is 1. The van der Waals surface area contributed by atoms with Crippen LogP contribution >= 0.6 is 0 Å². The highest BCUT2D eigenvalue weighted by molar-refractivity contribution is 5.72. The van der Waals surface area contributed by atoms with Crippen molar-refractivity contribution >= 4 is 6.03 Å². The first-order valence-electron chi connectivity index (χ1n) is 6.35. The van der Waals surface area contributed by atoms with E-state index in [-0.39, 0.29) is 6.03 Å². The molecule has 1 aliphatic heterocycles. The van der Waals surface area contributed by atoms with E-state index in [1.54, 1.807) is 4.90 Å². The molecule has 1 aromatic heterocycles. The number of likely N-dealkylation sites (tertiary alicyclic amines) is 1. The van der Waals surface area contributed by atoms with Crippen molar-refractivity contribution in [2.75, 3.05) is 13.1 Å². The molecule has 0 unspecified atom stereocenters. The Morgan fingerprint density at radius 3 is 2.89 bits per heavy atom. The summed E-state index contributed by atoms with van der Waals surface area (Å²) in [6, 6.07) is 4.15. The normalized spacial score (nSPS) is 16.8. The number of primary amides is 1. The largest absolute Gasteiger partial charge is 0.351 e. The lowest BCUT2D eigenvalue weighted by Gasteiger charge is -2.31. The van der Waals surface area contributed by atoms with E-state index in [4.69, 9.17) is 5.73 Å². The predicted molar refractivity (Wildman–Crippen MR) is 70.0 cm³/mol. The number of pyridine rings is 1. The van der Waals surface area contributed by atoms with Gasteiger partial charge in [0.2, 0.25) is 0 Å². The number of hydrogen-bond donors (Lipinski definition) is 2. The summed E-state index contributed by atoms with van der Waals surface area (Å²) in [6.45, 7) is 4.34. The van der Waals surface area contributed by atoms with Crippen LogP contribution in [-0.4, -0.2) is 35.0 Å². The van der Waals surface area contributed by atoms with Crippen LogP contribution in [0.2, 0.25) is 0 Å². The molecule has 18 heavy (non-hydrogen) atoms. The number of piperidine rings is 1. The molecule has 1 aliphatic rings. The molecule has 5 nitrogen and oxygen atoms in total. The molecule has 5 heteroatoms. The Morgan fingerprint density at radius 2 is 2.28 bits per heavy atom. The molecule has 3 N–H and O–H groups in total. The Morgan fingerprint density at radius 1 is 1.56 bits per heavy atom. The van der Waals surface area contributed by atoms with Crippen LogP contribution in [0.15, 0.2) is 18.3 Å². The molecule has 2 amide bonds. The third-order valence-corrected chi connectivity index (χ3v) is 3.48. The lowest BCUT2D eigenvalue weighted by atomic mass is 10.1. The first-order chi connectivity index (χ1) is 8.66. The van der Waals surface area contributed by atoms with Crippen LogP contribution in [0.3, 0.4) is 0 Å². The van der Waals surface area contributed by atoms with Gasteiger partial charge in [-0.25, -0.2) is 4.79 Å². The monoisotopic (exact) mass is 248 g/mol. The number of carbonyl (C=O) groups is 1. The lowest BCUT2D eigenvalue weighted by Crippen LogP contribution is -2.46. The van der Waals surface area contributed by atoms with Gasteiger partial charge in [-0.05, 0) is 31.4 Å². The van der Waals surface area contributed by atoms with Crippen LogP contribution in [0.25, 0.3) is 0 Å². The molecule has 0 aliphatic carbocycles.